The number of hydrogen-bond acceptors (Lipinski definition) is 5. The van der Waals surface area contributed by atoms with Gasteiger partial charge in [0.1, 0.15) is 0 Å². The third-order valence-electron chi connectivity index (χ3n) is 4.13. The summed E-state index contributed by atoms with van der Waals surface area (Å²) in [7, 11) is 0. The molecule has 0 bridgehead atoms. The monoisotopic (exact) mass is 294 g/mol. The second-order valence-corrected chi connectivity index (χ2v) is 5.71. The molecular formula is C15H26N4O2. The number of amides is 1. The Labute approximate surface area is 126 Å². The van der Waals surface area contributed by atoms with Crippen LogP contribution in [0.25, 0.3) is 0 Å². The number of carbonyl (C=O) groups is 1. The van der Waals surface area contributed by atoms with Gasteiger partial charge in [0.2, 0.25) is 5.89 Å². The lowest BCUT2D eigenvalue weighted by atomic mass is 10.2. The van der Waals surface area contributed by atoms with Crippen LogP contribution in [-0.2, 0) is 0 Å². The molecule has 2 atom stereocenters. The fourth-order valence-corrected chi connectivity index (χ4v) is 2.56. The molecule has 1 amide bonds. The van der Waals surface area contributed by atoms with Gasteiger partial charge in [-0.1, -0.05) is 25.4 Å². The van der Waals surface area contributed by atoms with Gasteiger partial charge in [0.25, 0.3) is 11.7 Å². The average molecular weight is 294 g/mol. The summed E-state index contributed by atoms with van der Waals surface area (Å²) in [4.78, 5) is 18.8. The van der Waals surface area contributed by atoms with Crippen LogP contribution < -0.4 is 5.32 Å². The van der Waals surface area contributed by atoms with Crippen molar-refractivity contribution >= 4 is 5.91 Å². The van der Waals surface area contributed by atoms with Crippen LogP contribution in [0.1, 0.15) is 75.4 Å². The molecular weight excluding hydrogens is 268 g/mol. The summed E-state index contributed by atoms with van der Waals surface area (Å²) in [5.74, 6) is 0.608. The molecule has 1 aliphatic heterocycles. The predicted octanol–water partition coefficient (Wildman–Crippen LogP) is 2.53. The van der Waals surface area contributed by atoms with Gasteiger partial charge >= 0.3 is 0 Å². The number of carbonyl (C=O) groups excluding carboxylic acids is 1. The van der Waals surface area contributed by atoms with Crippen LogP contribution in [0, 0.1) is 0 Å². The van der Waals surface area contributed by atoms with Crippen LogP contribution in [0.5, 0.6) is 0 Å². The summed E-state index contributed by atoms with van der Waals surface area (Å²) < 4.78 is 5.27. The van der Waals surface area contributed by atoms with E-state index in [1.165, 1.54) is 0 Å². The fourth-order valence-electron chi connectivity index (χ4n) is 2.56. The normalized spacial score (nSPS) is 19.7. The van der Waals surface area contributed by atoms with Crippen molar-refractivity contribution in [1.29, 1.82) is 0 Å². The molecule has 118 valence electrons. The van der Waals surface area contributed by atoms with Gasteiger partial charge < -0.3 is 14.7 Å². The van der Waals surface area contributed by atoms with E-state index >= 15 is 0 Å². The lowest BCUT2D eigenvalue weighted by Crippen LogP contribution is -2.39. The minimum absolute atomic E-state index is 0.103. The number of aromatic nitrogens is 2. The van der Waals surface area contributed by atoms with E-state index in [4.69, 9.17) is 4.52 Å². The molecule has 6 nitrogen and oxygen atoms in total. The maximum atomic E-state index is 12.6. The van der Waals surface area contributed by atoms with E-state index in [2.05, 4.69) is 36.2 Å². The first-order valence-electron chi connectivity index (χ1n) is 8.05. The van der Waals surface area contributed by atoms with Crippen molar-refractivity contribution in [2.24, 2.45) is 0 Å². The molecule has 0 aromatic carbocycles. The van der Waals surface area contributed by atoms with Gasteiger partial charge in [0, 0.05) is 12.6 Å². The SMILES string of the molecule is CCCCN(C(=O)c1noc(C2CCCN2)n1)C(C)CC. The Hall–Kier alpha value is -1.43. The Morgan fingerprint density at radius 1 is 1.52 bits per heavy atom. The van der Waals surface area contributed by atoms with Crippen molar-refractivity contribution in [1.82, 2.24) is 20.4 Å². The number of unbranched alkanes of at least 4 members (excludes halogenated alkanes) is 1. The van der Waals surface area contributed by atoms with E-state index in [-0.39, 0.29) is 23.8 Å². The molecule has 1 aliphatic rings. The molecule has 1 aromatic rings. The predicted molar refractivity (Wildman–Crippen MR) is 80.0 cm³/mol. The van der Waals surface area contributed by atoms with Gasteiger partial charge in [-0.2, -0.15) is 4.98 Å². The van der Waals surface area contributed by atoms with Crippen LogP contribution in [0.3, 0.4) is 0 Å². The minimum atomic E-state index is -0.120. The summed E-state index contributed by atoms with van der Waals surface area (Å²) >= 11 is 0. The van der Waals surface area contributed by atoms with E-state index in [0.717, 1.165) is 45.2 Å². The zero-order valence-corrected chi connectivity index (χ0v) is 13.3. The van der Waals surface area contributed by atoms with Crippen molar-refractivity contribution in [3.8, 4) is 0 Å². The Bertz CT molecular complexity index is 454. The van der Waals surface area contributed by atoms with Gasteiger partial charge in [0.15, 0.2) is 0 Å². The van der Waals surface area contributed by atoms with Gasteiger partial charge in [-0.3, -0.25) is 4.79 Å². The van der Waals surface area contributed by atoms with Gasteiger partial charge in [0.05, 0.1) is 6.04 Å². The second-order valence-electron chi connectivity index (χ2n) is 5.71. The highest BCUT2D eigenvalue weighted by Crippen LogP contribution is 2.21. The molecule has 0 radical (unpaired) electrons. The molecule has 1 aromatic heterocycles. The Kier molecular flexibility index (Phi) is 5.73. The Morgan fingerprint density at radius 2 is 2.33 bits per heavy atom. The molecule has 6 heteroatoms. The Morgan fingerprint density at radius 3 is 2.95 bits per heavy atom. The zero-order chi connectivity index (χ0) is 15.2. The number of hydrogen-bond donors (Lipinski definition) is 1. The quantitative estimate of drug-likeness (QED) is 0.836. The topological polar surface area (TPSA) is 71.3 Å². The minimum Gasteiger partial charge on any atom is -0.337 e. The van der Waals surface area contributed by atoms with Crippen molar-refractivity contribution < 1.29 is 9.32 Å². The van der Waals surface area contributed by atoms with Crippen molar-refractivity contribution in [2.45, 2.75) is 65.0 Å². The second kappa shape index (κ2) is 7.54. The van der Waals surface area contributed by atoms with Crippen LogP contribution in [0.4, 0.5) is 0 Å². The van der Waals surface area contributed by atoms with E-state index in [1.54, 1.807) is 0 Å². The van der Waals surface area contributed by atoms with Crippen LogP contribution in [0.2, 0.25) is 0 Å². The molecule has 21 heavy (non-hydrogen) atoms. The molecule has 2 rings (SSSR count). The van der Waals surface area contributed by atoms with E-state index in [0.29, 0.717) is 5.89 Å². The molecule has 1 saturated heterocycles. The maximum Gasteiger partial charge on any atom is 0.295 e. The number of nitrogens with zero attached hydrogens (tertiary/aromatic N) is 3. The van der Waals surface area contributed by atoms with E-state index < -0.39 is 0 Å². The lowest BCUT2D eigenvalue weighted by molar-refractivity contribution is 0.0669. The number of nitrogens with one attached hydrogen (secondary N) is 1. The van der Waals surface area contributed by atoms with Crippen molar-refractivity contribution in [2.75, 3.05) is 13.1 Å². The summed E-state index contributed by atoms with van der Waals surface area (Å²) in [6.45, 7) is 7.98. The van der Waals surface area contributed by atoms with Crippen LogP contribution in [-0.4, -0.2) is 40.1 Å². The summed E-state index contributed by atoms with van der Waals surface area (Å²) in [5, 5.41) is 7.19. The first-order valence-corrected chi connectivity index (χ1v) is 8.05. The van der Waals surface area contributed by atoms with Gasteiger partial charge in [-0.15, -0.1) is 0 Å². The highest BCUT2D eigenvalue weighted by atomic mass is 16.5. The highest BCUT2D eigenvalue weighted by molar-refractivity contribution is 5.90. The van der Waals surface area contributed by atoms with Crippen LogP contribution >= 0.6 is 0 Å². The smallest absolute Gasteiger partial charge is 0.295 e. The summed E-state index contributed by atoms with van der Waals surface area (Å²) in [6, 6.07) is 0.294. The molecule has 0 aliphatic carbocycles. The van der Waals surface area contributed by atoms with Gasteiger partial charge in [-0.05, 0) is 39.2 Å². The van der Waals surface area contributed by atoms with Gasteiger partial charge in [-0.25, -0.2) is 0 Å². The first-order chi connectivity index (χ1) is 10.2. The molecule has 1 N–H and O–H groups in total. The largest absolute Gasteiger partial charge is 0.337 e. The van der Waals surface area contributed by atoms with E-state index in [1.807, 2.05) is 4.90 Å². The lowest BCUT2D eigenvalue weighted by Gasteiger charge is -2.27. The average Bonchev–Trinajstić information content (AvgIpc) is 3.17. The fraction of sp³-hybridized carbons (Fsp3) is 0.800. The third-order valence-corrected chi connectivity index (χ3v) is 4.13. The molecule has 2 unspecified atom stereocenters. The van der Waals surface area contributed by atoms with E-state index in [9.17, 15) is 4.79 Å². The third kappa shape index (κ3) is 3.81. The molecule has 0 saturated carbocycles. The highest BCUT2D eigenvalue weighted by Gasteiger charge is 2.27. The maximum absolute atomic E-state index is 12.6. The Balaban J connectivity index is 2.08. The van der Waals surface area contributed by atoms with Crippen molar-refractivity contribution in [3.63, 3.8) is 0 Å². The molecule has 2 heterocycles. The first kappa shape index (κ1) is 15.9. The zero-order valence-electron chi connectivity index (χ0n) is 13.3. The number of rotatable bonds is 7. The standard InChI is InChI=1S/C15H26N4O2/c1-4-6-10-19(11(3)5-2)15(20)13-17-14(21-18-13)12-8-7-9-16-12/h11-12,16H,4-10H2,1-3H3. The van der Waals surface area contributed by atoms with Crippen LogP contribution in [0.15, 0.2) is 4.52 Å². The molecule has 1 fully saturated rings. The summed E-state index contributed by atoms with van der Waals surface area (Å²) in [6.07, 6.45) is 5.06. The summed E-state index contributed by atoms with van der Waals surface area (Å²) in [5.41, 5.74) is 0. The van der Waals surface area contributed by atoms with Crippen molar-refractivity contribution in [3.05, 3.63) is 11.7 Å². The molecule has 0 spiro atoms.